The fourth-order valence-corrected chi connectivity index (χ4v) is 3.31. The highest BCUT2D eigenvalue weighted by atomic mass is 35.5. The number of aryl methyl sites for hydroxylation is 1. The molecule has 2 heterocycles. The van der Waals surface area contributed by atoms with Crippen LogP contribution in [0.5, 0.6) is 5.88 Å². The van der Waals surface area contributed by atoms with Crippen LogP contribution in [0.25, 0.3) is 22.2 Å². The monoisotopic (exact) mass is 368 g/mol. The van der Waals surface area contributed by atoms with Crippen LogP contribution in [-0.4, -0.2) is 15.1 Å². The van der Waals surface area contributed by atoms with E-state index in [0.29, 0.717) is 21.2 Å². The summed E-state index contributed by atoms with van der Waals surface area (Å²) >= 11 is 7.42. The third kappa shape index (κ3) is 3.14. The molecule has 2 N–H and O–H groups in total. The zero-order chi connectivity index (χ0) is 17.4. The van der Waals surface area contributed by atoms with Gasteiger partial charge in [-0.05, 0) is 25.1 Å². The molecular weight excluding hydrogens is 356 g/mol. The fourth-order valence-electron chi connectivity index (χ4n) is 2.50. The second kappa shape index (κ2) is 6.31. The first-order chi connectivity index (χ1) is 12.1. The highest BCUT2D eigenvalue weighted by molar-refractivity contribution is 7.13. The second-order valence-electron chi connectivity index (χ2n) is 5.59. The Balaban J connectivity index is 1.66. The summed E-state index contributed by atoms with van der Waals surface area (Å²) in [6.07, 6.45) is 0. The van der Waals surface area contributed by atoms with Gasteiger partial charge in [0.15, 0.2) is 5.69 Å². The van der Waals surface area contributed by atoms with Crippen LogP contribution in [0.2, 0.25) is 5.02 Å². The lowest BCUT2D eigenvalue weighted by Crippen LogP contribution is -1.77. The molecule has 0 atom stereocenters. The zero-order valence-electron chi connectivity index (χ0n) is 13.2. The molecule has 124 valence electrons. The minimum Gasteiger partial charge on any atom is -0.493 e. The van der Waals surface area contributed by atoms with Crippen LogP contribution in [0.4, 0.5) is 10.8 Å². The summed E-state index contributed by atoms with van der Waals surface area (Å²) in [6.45, 7) is 2.05. The first-order valence-corrected chi connectivity index (χ1v) is 8.80. The van der Waals surface area contributed by atoms with E-state index in [-0.39, 0.29) is 5.88 Å². The van der Waals surface area contributed by atoms with E-state index in [9.17, 15) is 5.11 Å². The number of aromatic nitrogens is 2. The number of hydrogen-bond donors (Lipinski definition) is 2. The SMILES string of the molecule is Cc1ccc(-c2csc(N=Nc3c(O)[nH]c4ccc(Cl)cc34)n2)cc1. The van der Waals surface area contributed by atoms with Crippen molar-refractivity contribution < 1.29 is 5.11 Å². The van der Waals surface area contributed by atoms with E-state index < -0.39 is 0 Å². The van der Waals surface area contributed by atoms with Gasteiger partial charge in [0.2, 0.25) is 11.0 Å². The highest BCUT2D eigenvalue weighted by Gasteiger charge is 2.11. The summed E-state index contributed by atoms with van der Waals surface area (Å²) in [4.78, 5) is 7.33. The van der Waals surface area contributed by atoms with Gasteiger partial charge >= 0.3 is 0 Å². The molecule has 0 bridgehead atoms. The van der Waals surface area contributed by atoms with Gasteiger partial charge in [-0.15, -0.1) is 21.6 Å². The summed E-state index contributed by atoms with van der Waals surface area (Å²) in [7, 11) is 0. The number of aromatic hydroxyl groups is 1. The molecule has 7 heteroatoms. The molecule has 0 saturated carbocycles. The summed E-state index contributed by atoms with van der Waals surface area (Å²) in [6, 6.07) is 13.4. The average Bonchev–Trinajstić information content (AvgIpc) is 3.18. The number of aromatic amines is 1. The molecule has 2 aromatic heterocycles. The minimum absolute atomic E-state index is 0.0451. The molecule has 2 aromatic carbocycles. The van der Waals surface area contributed by atoms with Crippen molar-refractivity contribution >= 4 is 44.7 Å². The minimum atomic E-state index is -0.0451. The van der Waals surface area contributed by atoms with Gasteiger partial charge < -0.3 is 10.1 Å². The number of fused-ring (bicyclic) bond motifs is 1. The molecular formula is C18H13ClN4OS. The van der Waals surface area contributed by atoms with Gasteiger partial charge in [0.05, 0.1) is 11.2 Å². The van der Waals surface area contributed by atoms with E-state index in [1.807, 2.05) is 36.6 Å². The largest absolute Gasteiger partial charge is 0.493 e. The first kappa shape index (κ1) is 15.8. The number of hydrogen-bond acceptors (Lipinski definition) is 5. The Kier molecular flexibility index (Phi) is 3.99. The van der Waals surface area contributed by atoms with Crippen LogP contribution < -0.4 is 0 Å². The number of nitrogens with one attached hydrogen (secondary N) is 1. The van der Waals surface area contributed by atoms with Gasteiger partial charge in [-0.1, -0.05) is 41.4 Å². The molecule has 0 unspecified atom stereocenters. The molecule has 0 saturated heterocycles. The molecule has 0 radical (unpaired) electrons. The molecule has 0 fully saturated rings. The Morgan fingerprint density at radius 3 is 2.72 bits per heavy atom. The quantitative estimate of drug-likeness (QED) is 0.412. The van der Waals surface area contributed by atoms with Crippen LogP contribution in [0.3, 0.4) is 0 Å². The standard InChI is InChI=1S/C18H13ClN4OS/c1-10-2-4-11(5-3-10)15-9-25-18(21-15)23-22-16-13-8-12(19)6-7-14(13)20-17(16)24/h2-9,20,24H,1H3. The van der Waals surface area contributed by atoms with Crippen molar-refractivity contribution in [3.05, 3.63) is 58.4 Å². The van der Waals surface area contributed by atoms with Gasteiger partial charge in [-0.3, -0.25) is 0 Å². The molecule has 5 nitrogen and oxygen atoms in total. The Labute approximate surface area is 152 Å². The number of azo groups is 1. The molecule has 4 rings (SSSR count). The van der Waals surface area contributed by atoms with Gasteiger partial charge in [0, 0.05) is 21.4 Å². The van der Waals surface area contributed by atoms with Gasteiger partial charge in [-0.2, -0.15) is 0 Å². The number of benzene rings is 2. The smallest absolute Gasteiger partial charge is 0.230 e. The molecule has 0 spiro atoms. The van der Waals surface area contributed by atoms with Gasteiger partial charge in [0.25, 0.3) is 0 Å². The van der Waals surface area contributed by atoms with Crippen molar-refractivity contribution in [2.75, 3.05) is 0 Å². The Hall–Kier alpha value is -2.70. The van der Waals surface area contributed by atoms with Crippen molar-refractivity contribution in [1.29, 1.82) is 0 Å². The maximum absolute atomic E-state index is 10.0. The molecule has 0 aliphatic heterocycles. The summed E-state index contributed by atoms with van der Waals surface area (Å²) in [5, 5.41) is 22.1. The Morgan fingerprint density at radius 1 is 1.12 bits per heavy atom. The van der Waals surface area contributed by atoms with Gasteiger partial charge in [-0.25, -0.2) is 4.98 Å². The fraction of sp³-hybridized carbons (Fsp3) is 0.0556. The number of halogens is 1. The average molecular weight is 369 g/mol. The topological polar surface area (TPSA) is 73.6 Å². The van der Waals surface area contributed by atoms with Crippen molar-refractivity contribution in [2.24, 2.45) is 10.2 Å². The predicted octanol–water partition coefficient (Wildman–Crippen LogP) is 6.37. The van der Waals surface area contributed by atoms with Crippen molar-refractivity contribution in [2.45, 2.75) is 6.92 Å². The lowest BCUT2D eigenvalue weighted by molar-refractivity contribution is 0.459. The third-order valence-corrected chi connectivity index (χ3v) is 4.75. The Morgan fingerprint density at radius 2 is 1.92 bits per heavy atom. The summed E-state index contributed by atoms with van der Waals surface area (Å²) in [5.74, 6) is -0.0451. The van der Waals surface area contributed by atoms with Crippen molar-refractivity contribution in [1.82, 2.24) is 9.97 Å². The van der Waals surface area contributed by atoms with Crippen LogP contribution >= 0.6 is 22.9 Å². The highest BCUT2D eigenvalue weighted by Crippen LogP contribution is 2.38. The lowest BCUT2D eigenvalue weighted by atomic mass is 10.1. The van der Waals surface area contributed by atoms with E-state index >= 15 is 0 Å². The number of nitrogens with zero attached hydrogens (tertiary/aromatic N) is 3. The van der Waals surface area contributed by atoms with E-state index in [1.165, 1.54) is 16.9 Å². The number of thiazole rings is 1. The maximum Gasteiger partial charge on any atom is 0.230 e. The van der Waals surface area contributed by atoms with Crippen LogP contribution in [-0.2, 0) is 0 Å². The zero-order valence-corrected chi connectivity index (χ0v) is 14.8. The normalized spacial score (nSPS) is 11.6. The number of H-pyrrole nitrogens is 1. The van der Waals surface area contributed by atoms with E-state index in [2.05, 4.69) is 20.2 Å². The van der Waals surface area contributed by atoms with E-state index in [4.69, 9.17) is 11.6 Å². The maximum atomic E-state index is 10.0. The Bertz CT molecular complexity index is 1080. The van der Waals surface area contributed by atoms with E-state index in [1.54, 1.807) is 18.2 Å². The molecule has 25 heavy (non-hydrogen) atoms. The predicted molar refractivity (Wildman–Crippen MR) is 101 cm³/mol. The summed E-state index contributed by atoms with van der Waals surface area (Å²) in [5.41, 5.74) is 4.18. The van der Waals surface area contributed by atoms with Gasteiger partial charge in [0.1, 0.15) is 0 Å². The molecule has 0 amide bonds. The van der Waals surface area contributed by atoms with Crippen LogP contribution in [0, 0.1) is 6.92 Å². The van der Waals surface area contributed by atoms with Crippen LogP contribution in [0.15, 0.2) is 58.1 Å². The second-order valence-corrected chi connectivity index (χ2v) is 6.87. The molecule has 0 aliphatic rings. The van der Waals surface area contributed by atoms with E-state index in [0.717, 1.165) is 16.8 Å². The molecule has 0 aliphatic carbocycles. The summed E-state index contributed by atoms with van der Waals surface area (Å²) < 4.78 is 0. The van der Waals surface area contributed by atoms with Crippen molar-refractivity contribution in [3.63, 3.8) is 0 Å². The first-order valence-electron chi connectivity index (χ1n) is 7.54. The lowest BCUT2D eigenvalue weighted by Gasteiger charge is -1.96. The molecule has 4 aromatic rings. The third-order valence-electron chi connectivity index (χ3n) is 3.79. The number of rotatable bonds is 3. The van der Waals surface area contributed by atoms with Crippen LogP contribution in [0.1, 0.15) is 5.56 Å². The van der Waals surface area contributed by atoms with Crippen molar-refractivity contribution in [3.8, 4) is 17.1 Å².